The van der Waals surface area contributed by atoms with Crippen molar-refractivity contribution >= 4 is 0 Å². The van der Waals surface area contributed by atoms with Crippen LogP contribution in [0.4, 0.5) is 0 Å². The van der Waals surface area contributed by atoms with Gasteiger partial charge >= 0.3 is 0 Å². The van der Waals surface area contributed by atoms with Crippen LogP contribution in [-0.4, -0.2) is 0 Å². The molecule has 0 saturated heterocycles. The summed E-state index contributed by atoms with van der Waals surface area (Å²) in [6.07, 6.45) is 15.8. The Hall–Kier alpha value is -0.260. The van der Waals surface area contributed by atoms with Crippen LogP contribution in [0, 0.1) is 29.1 Å². The molecule has 0 heteroatoms. The van der Waals surface area contributed by atoms with Gasteiger partial charge in [0.05, 0.1) is 0 Å². The molecule has 0 radical (unpaired) electrons. The zero-order valence-corrected chi connectivity index (χ0v) is 8.91. The maximum Gasteiger partial charge on any atom is -0.0224 e. The first-order chi connectivity index (χ1) is 6.86. The highest BCUT2D eigenvalue weighted by molar-refractivity contribution is 5.12. The molecule has 0 aromatic heterocycles. The lowest BCUT2D eigenvalue weighted by molar-refractivity contribution is -0.109. The van der Waals surface area contributed by atoms with E-state index in [1.54, 1.807) is 32.1 Å². The lowest BCUT2D eigenvalue weighted by Crippen LogP contribution is -2.53. The van der Waals surface area contributed by atoms with Gasteiger partial charge < -0.3 is 0 Å². The molecule has 5 aliphatic rings. The van der Waals surface area contributed by atoms with Gasteiger partial charge in [-0.05, 0) is 74.0 Å². The van der Waals surface area contributed by atoms with Gasteiger partial charge in [-0.25, -0.2) is 0 Å². The van der Waals surface area contributed by atoms with Gasteiger partial charge in [0.25, 0.3) is 0 Å². The van der Waals surface area contributed by atoms with Crippen molar-refractivity contribution in [3.8, 4) is 0 Å². The summed E-state index contributed by atoms with van der Waals surface area (Å²) in [6.45, 7) is 0. The lowest BCUT2D eigenvalue weighted by Gasteiger charge is -2.62. The smallest absolute Gasteiger partial charge is 0.0224 e. The largest absolute Gasteiger partial charge is 0.0882 e. The van der Waals surface area contributed by atoms with Crippen molar-refractivity contribution in [2.45, 2.75) is 44.9 Å². The summed E-state index contributed by atoms with van der Waals surface area (Å²) in [6, 6.07) is 0. The summed E-state index contributed by atoms with van der Waals surface area (Å²) in [5, 5.41) is 0. The van der Waals surface area contributed by atoms with Crippen LogP contribution in [0.25, 0.3) is 0 Å². The summed E-state index contributed by atoms with van der Waals surface area (Å²) in [5.41, 5.74) is 0.809. The molecule has 4 fully saturated rings. The third kappa shape index (κ3) is 0.857. The number of hydrogen-bond donors (Lipinski definition) is 0. The van der Waals surface area contributed by atoms with E-state index in [4.69, 9.17) is 0 Å². The fourth-order valence-corrected chi connectivity index (χ4v) is 5.64. The van der Waals surface area contributed by atoms with E-state index in [-0.39, 0.29) is 0 Å². The minimum atomic E-state index is 0.809. The highest BCUT2D eigenvalue weighted by atomic mass is 14.6. The van der Waals surface area contributed by atoms with Gasteiger partial charge in [0.2, 0.25) is 0 Å². The minimum Gasteiger partial charge on any atom is -0.0882 e. The predicted octanol–water partition coefficient (Wildman–Crippen LogP) is 3.78. The monoisotopic (exact) mass is 188 g/mol. The van der Waals surface area contributed by atoms with Gasteiger partial charge in [0.15, 0.2) is 0 Å². The van der Waals surface area contributed by atoms with Gasteiger partial charge in [-0.3, -0.25) is 0 Å². The quantitative estimate of drug-likeness (QED) is 0.507. The van der Waals surface area contributed by atoms with Gasteiger partial charge in [-0.1, -0.05) is 12.2 Å². The van der Waals surface area contributed by atoms with Gasteiger partial charge in [-0.15, -0.1) is 0 Å². The summed E-state index contributed by atoms with van der Waals surface area (Å²) in [7, 11) is 0. The molecule has 0 aliphatic heterocycles. The topological polar surface area (TPSA) is 0 Å². The van der Waals surface area contributed by atoms with E-state index in [1.807, 2.05) is 0 Å². The van der Waals surface area contributed by atoms with E-state index < -0.39 is 0 Å². The third-order valence-electron chi connectivity index (χ3n) is 5.77. The Morgan fingerprint density at radius 2 is 1.71 bits per heavy atom. The highest BCUT2D eigenvalue weighted by Crippen LogP contribution is 2.66. The Morgan fingerprint density at radius 1 is 0.929 bits per heavy atom. The van der Waals surface area contributed by atoms with Crippen molar-refractivity contribution in [3.05, 3.63) is 12.2 Å². The zero-order chi connectivity index (χ0) is 9.17. The molecule has 4 saturated carbocycles. The standard InChI is InChI=1S/C14H20/c1-2-4-14-8-10-5-11(9-14)7-12(6-10)13(14)3-1/h1-2,10-13H,3-9H2/t10-,11+,12?,13?,14?. The van der Waals surface area contributed by atoms with E-state index in [1.165, 1.54) is 12.8 Å². The summed E-state index contributed by atoms with van der Waals surface area (Å²) in [5.74, 6) is 4.50. The number of allylic oxidation sites excluding steroid dienone is 2. The second-order valence-electron chi connectivity index (χ2n) is 6.49. The lowest BCUT2D eigenvalue weighted by atomic mass is 9.43. The summed E-state index contributed by atoms with van der Waals surface area (Å²) in [4.78, 5) is 0. The SMILES string of the molecule is C1=CCC23C[C@@H]4CC(C[C@@H](C4)C2)C3C1. The average Bonchev–Trinajstić information content (AvgIpc) is 2.15. The number of hydrogen-bond acceptors (Lipinski definition) is 0. The molecule has 5 rings (SSSR count). The normalized spacial score (nSPS) is 58.9. The van der Waals surface area contributed by atoms with Crippen molar-refractivity contribution in [2.24, 2.45) is 29.1 Å². The van der Waals surface area contributed by atoms with E-state index in [2.05, 4.69) is 12.2 Å². The van der Waals surface area contributed by atoms with Gasteiger partial charge in [-0.2, -0.15) is 0 Å². The maximum atomic E-state index is 2.49. The predicted molar refractivity (Wildman–Crippen MR) is 57.9 cm³/mol. The van der Waals surface area contributed by atoms with Crippen LogP contribution in [0.3, 0.4) is 0 Å². The number of rotatable bonds is 0. The Morgan fingerprint density at radius 3 is 2.50 bits per heavy atom. The van der Waals surface area contributed by atoms with E-state index >= 15 is 0 Å². The maximum absolute atomic E-state index is 2.49. The third-order valence-corrected chi connectivity index (χ3v) is 5.77. The molecule has 1 spiro atoms. The van der Waals surface area contributed by atoms with Crippen LogP contribution < -0.4 is 0 Å². The Kier molecular flexibility index (Phi) is 1.40. The molecular formula is C14H20. The van der Waals surface area contributed by atoms with E-state index in [9.17, 15) is 0 Å². The van der Waals surface area contributed by atoms with Crippen LogP contribution in [-0.2, 0) is 0 Å². The molecule has 14 heavy (non-hydrogen) atoms. The summed E-state index contributed by atoms with van der Waals surface area (Å²) >= 11 is 0. The van der Waals surface area contributed by atoms with Crippen LogP contribution in [0.5, 0.6) is 0 Å². The summed E-state index contributed by atoms with van der Waals surface area (Å²) < 4.78 is 0. The fraction of sp³-hybridized carbons (Fsp3) is 0.857. The average molecular weight is 188 g/mol. The molecule has 5 atom stereocenters. The van der Waals surface area contributed by atoms with Crippen LogP contribution in [0.15, 0.2) is 12.2 Å². The fourth-order valence-electron chi connectivity index (χ4n) is 5.64. The van der Waals surface area contributed by atoms with E-state index in [0.717, 1.165) is 29.1 Å². The molecular weight excluding hydrogens is 168 g/mol. The van der Waals surface area contributed by atoms with Crippen molar-refractivity contribution in [2.75, 3.05) is 0 Å². The van der Waals surface area contributed by atoms with Gasteiger partial charge in [0, 0.05) is 0 Å². The van der Waals surface area contributed by atoms with Crippen molar-refractivity contribution in [3.63, 3.8) is 0 Å². The second kappa shape index (κ2) is 2.46. The first kappa shape index (κ1) is 7.96. The highest BCUT2D eigenvalue weighted by Gasteiger charge is 2.56. The Balaban J connectivity index is 1.79. The van der Waals surface area contributed by atoms with Crippen molar-refractivity contribution in [1.82, 2.24) is 0 Å². The molecule has 0 aromatic carbocycles. The molecule has 4 bridgehead atoms. The zero-order valence-electron chi connectivity index (χ0n) is 8.91. The van der Waals surface area contributed by atoms with Crippen LogP contribution in [0.1, 0.15) is 44.9 Å². The van der Waals surface area contributed by atoms with Crippen LogP contribution >= 0.6 is 0 Å². The molecule has 76 valence electrons. The van der Waals surface area contributed by atoms with Crippen molar-refractivity contribution < 1.29 is 0 Å². The molecule has 0 nitrogen and oxygen atoms in total. The van der Waals surface area contributed by atoms with Gasteiger partial charge in [0.1, 0.15) is 0 Å². The molecule has 0 aromatic rings. The first-order valence-electron chi connectivity index (χ1n) is 6.51. The molecule has 5 aliphatic carbocycles. The van der Waals surface area contributed by atoms with Crippen LogP contribution in [0.2, 0.25) is 0 Å². The minimum absolute atomic E-state index is 0.809. The Bertz CT molecular complexity index is 274. The molecule has 0 amide bonds. The first-order valence-corrected chi connectivity index (χ1v) is 6.51. The van der Waals surface area contributed by atoms with E-state index in [0.29, 0.717) is 0 Å². The van der Waals surface area contributed by atoms with Crippen molar-refractivity contribution in [1.29, 1.82) is 0 Å². The molecule has 3 unspecified atom stereocenters. The second-order valence-corrected chi connectivity index (χ2v) is 6.49. The molecule has 0 heterocycles. The molecule has 0 N–H and O–H groups in total. The Labute approximate surface area is 86.8 Å².